The van der Waals surface area contributed by atoms with Gasteiger partial charge in [-0.2, -0.15) is 0 Å². The van der Waals surface area contributed by atoms with Crippen molar-refractivity contribution in [3.8, 4) is 0 Å². The summed E-state index contributed by atoms with van der Waals surface area (Å²) >= 11 is 0. The monoisotopic (exact) mass is 219 g/mol. The highest BCUT2D eigenvalue weighted by Gasteiger charge is 2.29. The first-order valence-corrected chi connectivity index (χ1v) is 4.69. The van der Waals surface area contributed by atoms with Crippen LogP contribution in [0.4, 0.5) is 5.69 Å². The molecule has 1 aliphatic heterocycles. The van der Waals surface area contributed by atoms with Gasteiger partial charge in [0.25, 0.3) is 0 Å². The van der Waals surface area contributed by atoms with Crippen LogP contribution < -0.4 is 4.90 Å². The molecule has 1 aromatic carbocycles. The maximum absolute atomic E-state index is 11.6. The number of rotatable bonds is 1. The van der Waals surface area contributed by atoms with Crippen LogP contribution in [0, 0.1) is 0 Å². The Labute approximate surface area is 91.3 Å². The number of nitrogens with zero attached hydrogens (tertiary/aromatic N) is 1. The summed E-state index contributed by atoms with van der Waals surface area (Å²) in [7, 11) is 0. The SMILES string of the molecule is CC(=O)N1CC(=O)c2cc(C(=O)O)ccc21. The third kappa shape index (κ3) is 1.46. The molecule has 0 aliphatic carbocycles. The molecule has 0 spiro atoms. The van der Waals surface area contributed by atoms with E-state index in [1.165, 1.54) is 30.0 Å². The maximum atomic E-state index is 11.6. The molecular weight excluding hydrogens is 210 g/mol. The summed E-state index contributed by atoms with van der Waals surface area (Å²) in [5.74, 6) is -1.54. The summed E-state index contributed by atoms with van der Waals surface area (Å²) in [5.41, 5.74) is 0.843. The molecule has 0 fully saturated rings. The Hall–Kier alpha value is -2.17. The molecule has 5 heteroatoms. The summed E-state index contributed by atoms with van der Waals surface area (Å²) in [6.07, 6.45) is 0. The van der Waals surface area contributed by atoms with Crippen molar-refractivity contribution in [3.05, 3.63) is 29.3 Å². The number of carbonyl (C=O) groups excluding carboxylic acids is 2. The summed E-state index contributed by atoms with van der Waals surface area (Å²) in [6, 6.07) is 4.18. The Morgan fingerprint density at radius 3 is 2.62 bits per heavy atom. The second kappa shape index (κ2) is 3.44. The van der Waals surface area contributed by atoms with E-state index >= 15 is 0 Å². The number of carboxylic acid groups (broad SMARTS) is 1. The smallest absolute Gasteiger partial charge is 0.335 e. The van der Waals surface area contributed by atoms with Gasteiger partial charge in [-0.1, -0.05) is 0 Å². The summed E-state index contributed by atoms with van der Waals surface area (Å²) in [6.45, 7) is 1.36. The van der Waals surface area contributed by atoms with Crippen LogP contribution in [0.1, 0.15) is 27.6 Å². The number of carboxylic acids is 1. The van der Waals surface area contributed by atoms with Crippen molar-refractivity contribution in [3.63, 3.8) is 0 Å². The van der Waals surface area contributed by atoms with Crippen molar-refractivity contribution in [2.45, 2.75) is 6.92 Å². The molecule has 82 valence electrons. The summed E-state index contributed by atoms with van der Waals surface area (Å²) < 4.78 is 0. The Bertz CT molecular complexity index is 507. The third-order valence-electron chi connectivity index (χ3n) is 2.52. The van der Waals surface area contributed by atoms with Gasteiger partial charge in [-0.3, -0.25) is 9.59 Å². The molecule has 1 N–H and O–H groups in total. The van der Waals surface area contributed by atoms with E-state index in [4.69, 9.17) is 5.11 Å². The average Bonchev–Trinajstić information content (AvgIpc) is 2.56. The molecule has 1 amide bonds. The normalized spacial score (nSPS) is 13.8. The van der Waals surface area contributed by atoms with E-state index in [0.717, 1.165) is 0 Å². The van der Waals surface area contributed by atoms with Gasteiger partial charge >= 0.3 is 5.97 Å². The van der Waals surface area contributed by atoms with E-state index in [1.807, 2.05) is 0 Å². The fourth-order valence-electron chi connectivity index (χ4n) is 1.72. The molecule has 0 unspecified atom stereocenters. The zero-order valence-electron chi connectivity index (χ0n) is 8.56. The molecule has 16 heavy (non-hydrogen) atoms. The Morgan fingerprint density at radius 2 is 2.06 bits per heavy atom. The molecule has 1 aliphatic rings. The maximum Gasteiger partial charge on any atom is 0.335 e. The average molecular weight is 219 g/mol. The molecule has 0 bridgehead atoms. The predicted octanol–water partition coefficient (Wildman–Crippen LogP) is 0.934. The van der Waals surface area contributed by atoms with Gasteiger partial charge in [0.15, 0.2) is 5.78 Å². The second-order valence-corrected chi connectivity index (χ2v) is 3.57. The first kappa shape index (κ1) is 10.4. The standard InChI is InChI=1S/C11H9NO4/c1-6(13)12-5-10(14)8-4-7(11(15)16)2-3-9(8)12/h2-4H,5H2,1H3,(H,15,16). The second-order valence-electron chi connectivity index (χ2n) is 3.57. The number of ketones is 1. The van der Waals surface area contributed by atoms with Crippen molar-refractivity contribution in [2.24, 2.45) is 0 Å². The van der Waals surface area contributed by atoms with Crippen LogP contribution in [0.3, 0.4) is 0 Å². The Balaban J connectivity index is 2.53. The van der Waals surface area contributed by atoms with Gasteiger partial charge in [0, 0.05) is 12.5 Å². The van der Waals surface area contributed by atoms with Crippen molar-refractivity contribution >= 4 is 23.3 Å². The molecule has 1 heterocycles. The van der Waals surface area contributed by atoms with Gasteiger partial charge in [-0.05, 0) is 18.2 Å². The molecule has 0 radical (unpaired) electrons. The number of carbonyl (C=O) groups is 3. The number of hydrogen-bond donors (Lipinski definition) is 1. The van der Waals surface area contributed by atoms with Crippen LogP contribution in [0.2, 0.25) is 0 Å². The van der Waals surface area contributed by atoms with Crippen LogP contribution in [-0.4, -0.2) is 29.3 Å². The lowest BCUT2D eigenvalue weighted by Crippen LogP contribution is -2.27. The molecule has 2 rings (SSSR count). The highest BCUT2D eigenvalue weighted by Crippen LogP contribution is 2.28. The number of hydrogen-bond acceptors (Lipinski definition) is 3. The third-order valence-corrected chi connectivity index (χ3v) is 2.52. The minimum absolute atomic E-state index is 0.00621. The number of anilines is 1. The van der Waals surface area contributed by atoms with E-state index < -0.39 is 5.97 Å². The number of benzene rings is 1. The topological polar surface area (TPSA) is 74.7 Å². The van der Waals surface area contributed by atoms with Gasteiger partial charge in [0.2, 0.25) is 5.91 Å². The van der Waals surface area contributed by atoms with Crippen LogP contribution in [-0.2, 0) is 4.79 Å². The molecule has 5 nitrogen and oxygen atoms in total. The number of aromatic carboxylic acids is 1. The largest absolute Gasteiger partial charge is 0.478 e. The minimum Gasteiger partial charge on any atom is -0.478 e. The van der Waals surface area contributed by atoms with Gasteiger partial charge in [-0.25, -0.2) is 4.79 Å². The lowest BCUT2D eigenvalue weighted by molar-refractivity contribution is -0.116. The van der Waals surface area contributed by atoms with Crippen molar-refractivity contribution in [2.75, 3.05) is 11.4 Å². The van der Waals surface area contributed by atoms with Crippen LogP contribution in [0.15, 0.2) is 18.2 Å². The molecule has 0 saturated heterocycles. The highest BCUT2D eigenvalue weighted by molar-refractivity contribution is 6.16. The number of fused-ring (bicyclic) bond motifs is 1. The molecule has 0 aromatic heterocycles. The van der Waals surface area contributed by atoms with Crippen molar-refractivity contribution < 1.29 is 19.5 Å². The number of Topliss-reactive ketones (excluding diaryl/α,β-unsaturated/α-hetero) is 1. The van der Waals surface area contributed by atoms with E-state index in [0.29, 0.717) is 11.3 Å². The highest BCUT2D eigenvalue weighted by atomic mass is 16.4. The zero-order valence-corrected chi connectivity index (χ0v) is 8.56. The van der Waals surface area contributed by atoms with Crippen molar-refractivity contribution in [1.82, 2.24) is 0 Å². The Morgan fingerprint density at radius 1 is 1.38 bits per heavy atom. The van der Waals surface area contributed by atoms with E-state index in [-0.39, 0.29) is 23.8 Å². The zero-order chi connectivity index (χ0) is 11.9. The summed E-state index contributed by atoms with van der Waals surface area (Å²) in [4.78, 5) is 34.9. The quantitative estimate of drug-likeness (QED) is 0.762. The van der Waals surface area contributed by atoms with E-state index in [9.17, 15) is 14.4 Å². The lowest BCUT2D eigenvalue weighted by Gasteiger charge is -2.13. The van der Waals surface area contributed by atoms with E-state index in [1.54, 1.807) is 0 Å². The van der Waals surface area contributed by atoms with Crippen LogP contribution in [0.5, 0.6) is 0 Å². The van der Waals surface area contributed by atoms with Gasteiger partial charge in [0.05, 0.1) is 17.8 Å². The molecular formula is C11H9NO4. The molecule has 0 saturated carbocycles. The first-order valence-electron chi connectivity index (χ1n) is 4.69. The lowest BCUT2D eigenvalue weighted by atomic mass is 10.1. The summed E-state index contributed by atoms with van der Waals surface area (Å²) in [5, 5.41) is 8.79. The van der Waals surface area contributed by atoms with Gasteiger partial charge in [0.1, 0.15) is 0 Å². The molecule has 0 atom stereocenters. The Kier molecular flexibility index (Phi) is 2.23. The van der Waals surface area contributed by atoms with Crippen LogP contribution >= 0.6 is 0 Å². The van der Waals surface area contributed by atoms with E-state index in [2.05, 4.69) is 0 Å². The number of amides is 1. The predicted molar refractivity (Wildman–Crippen MR) is 55.8 cm³/mol. The first-order chi connectivity index (χ1) is 7.50. The fraction of sp³-hybridized carbons (Fsp3) is 0.182. The van der Waals surface area contributed by atoms with Crippen molar-refractivity contribution in [1.29, 1.82) is 0 Å². The minimum atomic E-state index is -1.09. The van der Waals surface area contributed by atoms with Crippen LogP contribution in [0.25, 0.3) is 0 Å². The fourth-order valence-corrected chi connectivity index (χ4v) is 1.72. The molecule has 1 aromatic rings. The van der Waals surface area contributed by atoms with Gasteiger partial charge < -0.3 is 10.0 Å². The van der Waals surface area contributed by atoms with Gasteiger partial charge in [-0.15, -0.1) is 0 Å².